The van der Waals surface area contributed by atoms with Gasteiger partial charge in [0.15, 0.2) is 5.52 Å². The molecule has 2 heterocycles. The molecule has 2 aromatic rings. The molecule has 11 heavy (non-hydrogen) atoms. The molecule has 0 unspecified atom stereocenters. The van der Waals surface area contributed by atoms with E-state index in [1.807, 2.05) is 0 Å². The number of hydrogen-bond donors (Lipinski definition) is 1. The van der Waals surface area contributed by atoms with E-state index in [2.05, 4.69) is 15.3 Å². The first kappa shape index (κ1) is 6.09. The second kappa shape index (κ2) is 1.91. The maximum atomic E-state index is 11.1. The maximum absolute atomic E-state index is 11.1. The van der Waals surface area contributed by atoms with E-state index >= 15 is 0 Å². The zero-order valence-electron chi connectivity index (χ0n) is 5.90. The molecule has 2 rings (SSSR count). The summed E-state index contributed by atoms with van der Waals surface area (Å²) in [7, 11) is 1.69. The molecule has 0 spiro atoms. The molecule has 0 aliphatic heterocycles. The molecule has 0 bridgehead atoms. The zero-order valence-corrected chi connectivity index (χ0v) is 5.90. The average molecular weight is 150 g/mol. The third kappa shape index (κ3) is 0.739. The summed E-state index contributed by atoms with van der Waals surface area (Å²) in [4.78, 5) is 13.6. The fraction of sp³-hybridized carbons (Fsp3) is 0.167. The predicted molar refractivity (Wildman–Crippen MR) is 39.1 cm³/mol. The van der Waals surface area contributed by atoms with Gasteiger partial charge < -0.3 is 4.98 Å². The first-order valence-electron chi connectivity index (χ1n) is 3.16. The summed E-state index contributed by atoms with van der Waals surface area (Å²) in [6, 6.07) is 1.71. The predicted octanol–water partition coefficient (Wildman–Crippen LogP) is -0.343. The monoisotopic (exact) mass is 150 g/mol. The van der Waals surface area contributed by atoms with Crippen molar-refractivity contribution in [1.29, 1.82) is 0 Å². The van der Waals surface area contributed by atoms with E-state index in [-0.39, 0.29) is 5.56 Å². The van der Waals surface area contributed by atoms with E-state index in [0.717, 1.165) is 0 Å². The second-order valence-electron chi connectivity index (χ2n) is 2.25. The summed E-state index contributed by atoms with van der Waals surface area (Å²) in [6.07, 6.45) is 1.55. The molecule has 1 N–H and O–H groups in total. The number of fused-ring (bicyclic) bond motifs is 1. The lowest BCUT2D eigenvalue weighted by Gasteiger charge is -1.87. The summed E-state index contributed by atoms with van der Waals surface area (Å²) in [5.74, 6) is 0. The van der Waals surface area contributed by atoms with Crippen molar-refractivity contribution in [3.8, 4) is 0 Å². The standard InChI is InChI=1S/C6H6N4O/c1-10-5-4(8-9-10)2-3-7-6(5)11/h2-3H,1H3,(H,7,11). The van der Waals surface area contributed by atoms with Crippen LogP contribution >= 0.6 is 0 Å². The lowest BCUT2D eigenvalue weighted by atomic mass is 10.4. The van der Waals surface area contributed by atoms with Crippen LogP contribution in [0.4, 0.5) is 0 Å². The smallest absolute Gasteiger partial charge is 0.275 e. The largest absolute Gasteiger partial charge is 0.327 e. The molecule has 2 aromatic heterocycles. The highest BCUT2D eigenvalue weighted by Crippen LogP contribution is 2.00. The van der Waals surface area contributed by atoms with Crippen LogP contribution in [0.15, 0.2) is 17.1 Å². The van der Waals surface area contributed by atoms with Crippen LogP contribution in [-0.4, -0.2) is 20.0 Å². The van der Waals surface area contributed by atoms with Crippen molar-refractivity contribution in [2.24, 2.45) is 7.05 Å². The Kier molecular flexibility index (Phi) is 1.06. The van der Waals surface area contributed by atoms with Gasteiger partial charge in [-0.2, -0.15) is 0 Å². The number of pyridine rings is 1. The quantitative estimate of drug-likeness (QED) is 0.558. The van der Waals surface area contributed by atoms with Crippen molar-refractivity contribution in [2.75, 3.05) is 0 Å². The van der Waals surface area contributed by atoms with Gasteiger partial charge in [-0.15, -0.1) is 5.10 Å². The van der Waals surface area contributed by atoms with E-state index in [0.29, 0.717) is 11.0 Å². The Morgan fingerprint density at radius 2 is 2.45 bits per heavy atom. The number of rotatable bonds is 0. The van der Waals surface area contributed by atoms with Crippen LogP contribution in [0, 0.1) is 0 Å². The third-order valence-corrected chi connectivity index (χ3v) is 1.52. The first-order valence-corrected chi connectivity index (χ1v) is 3.16. The van der Waals surface area contributed by atoms with Gasteiger partial charge in [0.2, 0.25) is 0 Å². The first-order chi connectivity index (χ1) is 5.29. The Balaban J connectivity index is 3.08. The molecule has 56 valence electrons. The highest BCUT2D eigenvalue weighted by atomic mass is 16.1. The summed E-state index contributed by atoms with van der Waals surface area (Å²) < 4.78 is 1.45. The van der Waals surface area contributed by atoms with Crippen molar-refractivity contribution in [2.45, 2.75) is 0 Å². The molecule has 0 saturated heterocycles. The highest BCUT2D eigenvalue weighted by molar-refractivity contribution is 5.72. The highest BCUT2D eigenvalue weighted by Gasteiger charge is 2.02. The van der Waals surface area contributed by atoms with E-state index in [4.69, 9.17) is 0 Å². The number of nitrogens with one attached hydrogen (secondary N) is 1. The SMILES string of the molecule is Cn1nnc2cc[nH]c(=O)c21. The van der Waals surface area contributed by atoms with Crippen LogP contribution in [0.1, 0.15) is 0 Å². The molecule has 0 saturated carbocycles. The summed E-state index contributed by atoms with van der Waals surface area (Å²) in [5, 5.41) is 7.48. The van der Waals surface area contributed by atoms with Gasteiger partial charge in [0.05, 0.1) is 0 Å². The number of aromatic amines is 1. The van der Waals surface area contributed by atoms with Crippen molar-refractivity contribution in [1.82, 2.24) is 20.0 Å². The van der Waals surface area contributed by atoms with Crippen molar-refractivity contribution in [3.63, 3.8) is 0 Å². The van der Waals surface area contributed by atoms with Gasteiger partial charge >= 0.3 is 0 Å². The fourth-order valence-electron chi connectivity index (χ4n) is 1.01. The van der Waals surface area contributed by atoms with E-state index in [1.54, 1.807) is 19.3 Å². The maximum Gasteiger partial charge on any atom is 0.275 e. The Bertz CT molecular complexity index is 441. The third-order valence-electron chi connectivity index (χ3n) is 1.52. The summed E-state index contributed by atoms with van der Waals surface area (Å²) in [5.41, 5.74) is 0.971. The number of hydrogen-bond acceptors (Lipinski definition) is 3. The zero-order chi connectivity index (χ0) is 7.84. The van der Waals surface area contributed by atoms with E-state index in [1.165, 1.54) is 4.68 Å². The van der Waals surface area contributed by atoms with Crippen LogP contribution in [0.3, 0.4) is 0 Å². The minimum atomic E-state index is -0.157. The van der Waals surface area contributed by atoms with Crippen LogP contribution < -0.4 is 5.56 Å². The fourth-order valence-corrected chi connectivity index (χ4v) is 1.01. The van der Waals surface area contributed by atoms with Crippen molar-refractivity contribution < 1.29 is 0 Å². The van der Waals surface area contributed by atoms with Gasteiger partial charge in [-0.25, -0.2) is 4.68 Å². The molecule has 0 amide bonds. The Labute approximate surface area is 61.7 Å². The van der Waals surface area contributed by atoms with E-state index < -0.39 is 0 Å². The molecule has 0 aliphatic carbocycles. The number of aromatic nitrogens is 4. The van der Waals surface area contributed by atoms with Gasteiger partial charge in [-0.3, -0.25) is 4.79 Å². The number of nitrogens with zero attached hydrogens (tertiary/aromatic N) is 3. The second-order valence-corrected chi connectivity index (χ2v) is 2.25. The Morgan fingerprint density at radius 3 is 3.18 bits per heavy atom. The normalized spacial score (nSPS) is 10.6. The minimum Gasteiger partial charge on any atom is -0.327 e. The van der Waals surface area contributed by atoms with Gasteiger partial charge in [-0.05, 0) is 6.07 Å². The average Bonchev–Trinajstić information content (AvgIpc) is 2.34. The minimum absolute atomic E-state index is 0.157. The molecule has 0 aliphatic rings. The van der Waals surface area contributed by atoms with Gasteiger partial charge in [0.25, 0.3) is 5.56 Å². The topological polar surface area (TPSA) is 63.6 Å². The summed E-state index contributed by atoms with van der Waals surface area (Å²) in [6.45, 7) is 0. The number of H-pyrrole nitrogens is 1. The van der Waals surface area contributed by atoms with Gasteiger partial charge in [-0.1, -0.05) is 5.21 Å². The lowest BCUT2D eigenvalue weighted by Crippen LogP contribution is -2.08. The lowest BCUT2D eigenvalue weighted by molar-refractivity contribution is 0.734. The number of aryl methyl sites for hydroxylation is 1. The van der Waals surface area contributed by atoms with Crippen molar-refractivity contribution in [3.05, 3.63) is 22.6 Å². The van der Waals surface area contributed by atoms with Crippen LogP contribution in [0.2, 0.25) is 0 Å². The van der Waals surface area contributed by atoms with Crippen LogP contribution in [0.5, 0.6) is 0 Å². The molecular weight excluding hydrogens is 144 g/mol. The molecular formula is C6H6N4O. The molecule has 5 nitrogen and oxygen atoms in total. The van der Waals surface area contributed by atoms with Crippen LogP contribution in [-0.2, 0) is 7.05 Å². The summed E-state index contributed by atoms with van der Waals surface area (Å²) >= 11 is 0. The van der Waals surface area contributed by atoms with E-state index in [9.17, 15) is 4.79 Å². The molecule has 0 fully saturated rings. The molecule has 0 radical (unpaired) electrons. The Hall–Kier alpha value is -1.65. The van der Waals surface area contributed by atoms with Gasteiger partial charge in [0.1, 0.15) is 5.52 Å². The Morgan fingerprint density at radius 1 is 1.64 bits per heavy atom. The van der Waals surface area contributed by atoms with Crippen molar-refractivity contribution >= 4 is 11.0 Å². The van der Waals surface area contributed by atoms with Crippen LogP contribution in [0.25, 0.3) is 11.0 Å². The molecule has 0 atom stereocenters. The molecule has 0 aromatic carbocycles. The van der Waals surface area contributed by atoms with Gasteiger partial charge in [0, 0.05) is 13.2 Å². The molecule has 5 heteroatoms.